The standard InChI is InChI=1S/C15H21N3O2/c1-2-16-14-12-5-4-11(10-13(12)17-15(14)19)18-6-3-8-20-9-7-18/h4-5,10,14,16H,2-3,6-9H2,1H3,(H,17,19). The Morgan fingerprint density at radius 3 is 3.15 bits per heavy atom. The molecule has 20 heavy (non-hydrogen) atoms. The maximum Gasteiger partial charge on any atom is 0.246 e. The molecular formula is C15H21N3O2. The lowest BCUT2D eigenvalue weighted by molar-refractivity contribution is -0.117. The van der Waals surface area contributed by atoms with E-state index in [1.165, 1.54) is 0 Å². The van der Waals surface area contributed by atoms with Crippen LogP contribution in [0.1, 0.15) is 24.9 Å². The van der Waals surface area contributed by atoms with Crippen molar-refractivity contribution in [1.82, 2.24) is 5.32 Å². The van der Waals surface area contributed by atoms with Gasteiger partial charge < -0.3 is 20.3 Å². The molecule has 108 valence electrons. The second-order valence-electron chi connectivity index (χ2n) is 5.20. The van der Waals surface area contributed by atoms with Gasteiger partial charge in [-0.3, -0.25) is 4.79 Å². The minimum absolute atomic E-state index is 0.0400. The Labute approximate surface area is 119 Å². The van der Waals surface area contributed by atoms with E-state index in [9.17, 15) is 4.79 Å². The van der Waals surface area contributed by atoms with Crippen molar-refractivity contribution in [3.8, 4) is 0 Å². The molecule has 0 aromatic heterocycles. The first-order chi connectivity index (χ1) is 9.79. The summed E-state index contributed by atoms with van der Waals surface area (Å²) in [5.41, 5.74) is 3.14. The predicted octanol–water partition coefficient (Wildman–Crippen LogP) is 1.52. The van der Waals surface area contributed by atoms with Crippen LogP contribution in [0.25, 0.3) is 0 Å². The highest BCUT2D eigenvalue weighted by atomic mass is 16.5. The number of likely N-dealkylation sites (N-methyl/N-ethyl adjacent to an activating group) is 1. The smallest absolute Gasteiger partial charge is 0.246 e. The Hall–Kier alpha value is -1.59. The number of carbonyl (C=O) groups excluding carboxylic acids is 1. The maximum atomic E-state index is 12.0. The van der Waals surface area contributed by atoms with Gasteiger partial charge in [-0.2, -0.15) is 0 Å². The van der Waals surface area contributed by atoms with E-state index in [0.717, 1.165) is 56.2 Å². The lowest BCUT2D eigenvalue weighted by Gasteiger charge is -2.22. The van der Waals surface area contributed by atoms with E-state index >= 15 is 0 Å². The average Bonchev–Trinajstić information content (AvgIpc) is 2.66. The molecule has 2 heterocycles. The lowest BCUT2D eigenvalue weighted by atomic mass is 10.1. The molecule has 0 bridgehead atoms. The van der Waals surface area contributed by atoms with Crippen LogP contribution in [-0.4, -0.2) is 38.8 Å². The third-order valence-electron chi connectivity index (χ3n) is 3.86. The molecule has 2 aliphatic heterocycles. The minimum atomic E-state index is -0.212. The van der Waals surface area contributed by atoms with Gasteiger partial charge in [-0.25, -0.2) is 0 Å². The van der Waals surface area contributed by atoms with Crippen LogP contribution >= 0.6 is 0 Å². The van der Waals surface area contributed by atoms with Crippen molar-refractivity contribution < 1.29 is 9.53 Å². The molecule has 1 unspecified atom stereocenters. The van der Waals surface area contributed by atoms with Crippen LogP contribution in [0.15, 0.2) is 18.2 Å². The molecule has 3 rings (SSSR count). The molecule has 1 aromatic carbocycles. The zero-order chi connectivity index (χ0) is 13.9. The van der Waals surface area contributed by atoms with Gasteiger partial charge in [0.15, 0.2) is 0 Å². The molecule has 2 aliphatic rings. The number of rotatable bonds is 3. The van der Waals surface area contributed by atoms with Crippen molar-refractivity contribution in [2.45, 2.75) is 19.4 Å². The Balaban J connectivity index is 1.83. The second kappa shape index (κ2) is 5.81. The summed E-state index contributed by atoms with van der Waals surface area (Å²) in [4.78, 5) is 14.3. The van der Waals surface area contributed by atoms with Crippen molar-refractivity contribution in [1.29, 1.82) is 0 Å². The number of nitrogens with zero attached hydrogens (tertiary/aromatic N) is 1. The summed E-state index contributed by atoms with van der Waals surface area (Å²) in [6.07, 6.45) is 1.05. The number of fused-ring (bicyclic) bond motifs is 1. The number of anilines is 2. The fourth-order valence-electron chi connectivity index (χ4n) is 2.86. The second-order valence-corrected chi connectivity index (χ2v) is 5.20. The molecule has 5 heteroatoms. The molecule has 2 N–H and O–H groups in total. The third-order valence-corrected chi connectivity index (χ3v) is 3.86. The first-order valence-corrected chi connectivity index (χ1v) is 7.30. The third kappa shape index (κ3) is 2.51. The van der Waals surface area contributed by atoms with E-state index in [1.54, 1.807) is 0 Å². The number of carbonyl (C=O) groups is 1. The fraction of sp³-hybridized carbons (Fsp3) is 0.533. The molecule has 1 saturated heterocycles. The van der Waals surface area contributed by atoms with E-state index in [4.69, 9.17) is 4.74 Å². The molecule has 1 amide bonds. The van der Waals surface area contributed by atoms with Gasteiger partial charge in [-0.1, -0.05) is 13.0 Å². The number of hydrogen-bond acceptors (Lipinski definition) is 4. The number of amides is 1. The number of ether oxygens (including phenoxy) is 1. The van der Waals surface area contributed by atoms with Gasteiger partial charge >= 0.3 is 0 Å². The van der Waals surface area contributed by atoms with Crippen LogP contribution < -0.4 is 15.5 Å². The quantitative estimate of drug-likeness (QED) is 0.878. The van der Waals surface area contributed by atoms with Crippen LogP contribution in [0.4, 0.5) is 11.4 Å². The molecular weight excluding hydrogens is 254 g/mol. The van der Waals surface area contributed by atoms with Gasteiger partial charge in [-0.15, -0.1) is 0 Å². The largest absolute Gasteiger partial charge is 0.380 e. The van der Waals surface area contributed by atoms with Gasteiger partial charge in [0.25, 0.3) is 0 Å². The predicted molar refractivity (Wildman–Crippen MR) is 79.1 cm³/mol. The van der Waals surface area contributed by atoms with Crippen molar-refractivity contribution in [2.75, 3.05) is 43.1 Å². The number of benzene rings is 1. The number of hydrogen-bond donors (Lipinski definition) is 2. The van der Waals surface area contributed by atoms with Gasteiger partial charge in [-0.05, 0) is 25.1 Å². The summed E-state index contributed by atoms with van der Waals surface area (Å²) in [6.45, 7) is 6.30. The summed E-state index contributed by atoms with van der Waals surface area (Å²) in [6, 6.07) is 6.03. The van der Waals surface area contributed by atoms with Crippen molar-refractivity contribution in [3.05, 3.63) is 23.8 Å². The Bertz CT molecular complexity index is 496. The molecule has 0 spiro atoms. The van der Waals surface area contributed by atoms with Crippen molar-refractivity contribution in [2.24, 2.45) is 0 Å². The van der Waals surface area contributed by atoms with Crippen molar-refractivity contribution in [3.63, 3.8) is 0 Å². The molecule has 0 saturated carbocycles. The molecule has 1 fully saturated rings. The van der Waals surface area contributed by atoms with E-state index in [0.29, 0.717) is 0 Å². The minimum Gasteiger partial charge on any atom is -0.380 e. The highest BCUT2D eigenvalue weighted by Gasteiger charge is 2.30. The fourth-order valence-corrected chi connectivity index (χ4v) is 2.86. The summed E-state index contributed by atoms with van der Waals surface area (Å²) >= 11 is 0. The van der Waals surface area contributed by atoms with E-state index < -0.39 is 0 Å². The summed E-state index contributed by atoms with van der Waals surface area (Å²) in [5, 5.41) is 6.18. The van der Waals surface area contributed by atoms with Crippen LogP contribution in [0, 0.1) is 0 Å². The molecule has 0 radical (unpaired) electrons. The van der Waals surface area contributed by atoms with Gasteiger partial charge in [0.2, 0.25) is 5.91 Å². The van der Waals surface area contributed by atoms with E-state index in [-0.39, 0.29) is 11.9 Å². The summed E-state index contributed by atoms with van der Waals surface area (Å²) < 4.78 is 5.48. The first kappa shape index (κ1) is 13.4. The topological polar surface area (TPSA) is 53.6 Å². The summed E-state index contributed by atoms with van der Waals surface area (Å²) in [5.74, 6) is 0.0400. The Kier molecular flexibility index (Phi) is 3.89. The Morgan fingerprint density at radius 2 is 2.30 bits per heavy atom. The SMILES string of the molecule is CCNC1C(=O)Nc2cc(N3CCCOCC3)ccc21. The highest BCUT2D eigenvalue weighted by Crippen LogP contribution is 2.34. The van der Waals surface area contributed by atoms with E-state index in [2.05, 4.69) is 33.7 Å². The summed E-state index contributed by atoms with van der Waals surface area (Å²) in [7, 11) is 0. The molecule has 5 nitrogen and oxygen atoms in total. The van der Waals surface area contributed by atoms with Crippen molar-refractivity contribution >= 4 is 17.3 Å². The van der Waals surface area contributed by atoms with Crippen LogP contribution in [0.5, 0.6) is 0 Å². The van der Waals surface area contributed by atoms with Crippen LogP contribution in [-0.2, 0) is 9.53 Å². The maximum absolute atomic E-state index is 12.0. The average molecular weight is 275 g/mol. The highest BCUT2D eigenvalue weighted by molar-refractivity contribution is 6.03. The number of nitrogens with one attached hydrogen (secondary N) is 2. The first-order valence-electron chi connectivity index (χ1n) is 7.30. The zero-order valence-electron chi connectivity index (χ0n) is 11.8. The van der Waals surface area contributed by atoms with Gasteiger partial charge in [0, 0.05) is 36.6 Å². The van der Waals surface area contributed by atoms with Crippen LogP contribution in [0.3, 0.4) is 0 Å². The molecule has 1 aromatic rings. The van der Waals surface area contributed by atoms with Gasteiger partial charge in [0.1, 0.15) is 6.04 Å². The Morgan fingerprint density at radius 1 is 1.40 bits per heavy atom. The molecule has 0 aliphatic carbocycles. The lowest BCUT2D eigenvalue weighted by Crippen LogP contribution is -2.27. The van der Waals surface area contributed by atoms with Gasteiger partial charge in [0.05, 0.1) is 6.61 Å². The zero-order valence-corrected chi connectivity index (χ0v) is 11.8. The monoisotopic (exact) mass is 275 g/mol. The molecule has 1 atom stereocenters. The van der Waals surface area contributed by atoms with E-state index in [1.807, 2.05) is 6.92 Å². The van der Waals surface area contributed by atoms with Crippen LogP contribution in [0.2, 0.25) is 0 Å². The normalized spacial score (nSPS) is 22.4.